The number of benzene rings is 1. The van der Waals surface area contributed by atoms with E-state index in [1.807, 2.05) is 0 Å². The maximum absolute atomic E-state index is 12.4. The summed E-state index contributed by atoms with van der Waals surface area (Å²) in [6, 6.07) is 5.48. The highest BCUT2D eigenvalue weighted by Crippen LogP contribution is 2.25. The highest BCUT2D eigenvalue weighted by Gasteiger charge is 2.36. The predicted octanol–water partition coefficient (Wildman–Crippen LogP) is 0.931. The summed E-state index contributed by atoms with van der Waals surface area (Å²) >= 11 is 0. The lowest BCUT2D eigenvalue weighted by Gasteiger charge is -2.36. The van der Waals surface area contributed by atoms with Gasteiger partial charge in [-0.2, -0.15) is 0 Å². The Balaban J connectivity index is 2.08. The summed E-state index contributed by atoms with van der Waals surface area (Å²) in [7, 11) is 0. The van der Waals surface area contributed by atoms with E-state index in [1.165, 1.54) is 12.1 Å². The van der Waals surface area contributed by atoms with Crippen LogP contribution in [0, 0.1) is 0 Å². The Morgan fingerprint density at radius 2 is 1.78 bits per heavy atom. The number of carboxylic acids is 1. The highest BCUT2D eigenvalue weighted by molar-refractivity contribution is 5.96. The first-order chi connectivity index (χ1) is 10.9. The van der Waals surface area contributed by atoms with E-state index >= 15 is 0 Å². The number of anilines is 1. The van der Waals surface area contributed by atoms with Gasteiger partial charge in [0.1, 0.15) is 0 Å². The van der Waals surface area contributed by atoms with Gasteiger partial charge >= 0.3 is 12.0 Å². The summed E-state index contributed by atoms with van der Waals surface area (Å²) in [4.78, 5) is 34.2. The third-order valence-electron chi connectivity index (χ3n) is 3.73. The molecule has 1 aliphatic heterocycles. The Bertz CT molecular complexity index is 594. The van der Waals surface area contributed by atoms with Crippen LogP contribution in [0.25, 0.3) is 0 Å². The molecule has 1 fully saturated rings. The summed E-state index contributed by atoms with van der Waals surface area (Å²) in [5.41, 5.74) is 5.06. The van der Waals surface area contributed by atoms with Crippen molar-refractivity contribution in [2.24, 2.45) is 5.73 Å². The molecular weight excluding hydrogens is 302 g/mol. The van der Waals surface area contributed by atoms with E-state index in [0.717, 1.165) is 0 Å². The summed E-state index contributed by atoms with van der Waals surface area (Å²) in [5, 5.41) is 14.3. The zero-order valence-electron chi connectivity index (χ0n) is 12.5. The van der Waals surface area contributed by atoms with Gasteiger partial charge in [-0.1, -0.05) is 0 Å². The van der Waals surface area contributed by atoms with Gasteiger partial charge in [-0.25, -0.2) is 4.79 Å². The van der Waals surface area contributed by atoms with Crippen LogP contribution in [0.2, 0.25) is 0 Å². The van der Waals surface area contributed by atoms with Gasteiger partial charge in [0.15, 0.2) is 0 Å². The summed E-state index contributed by atoms with van der Waals surface area (Å²) in [5.74, 6) is -1.33. The minimum absolute atomic E-state index is 0.149. The fourth-order valence-corrected chi connectivity index (χ4v) is 2.56. The van der Waals surface area contributed by atoms with Crippen molar-refractivity contribution < 1.29 is 24.2 Å². The van der Waals surface area contributed by atoms with Gasteiger partial charge in [0.05, 0.1) is 12.0 Å². The minimum Gasteiger partial charge on any atom is -0.481 e. The number of primary amides is 1. The van der Waals surface area contributed by atoms with E-state index < -0.39 is 17.5 Å². The van der Waals surface area contributed by atoms with Crippen LogP contribution < -0.4 is 16.4 Å². The molecule has 0 bridgehead atoms. The predicted molar refractivity (Wildman–Crippen MR) is 82.2 cm³/mol. The molecule has 8 heteroatoms. The van der Waals surface area contributed by atoms with Crippen LogP contribution in [-0.4, -0.2) is 41.8 Å². The molecule has 0 aromatic heterocycles. The number of ether oxygens (including phenoxy) is 1. The van der Waals surface area contributed by atoms with Crippen molar-refractivity contribution in [3.05, 3.63) is 29.8 Å². The first-order valence-electron chi connectivity index (χ1n) is 7.19. The van der Waals surface area contributed by atoms with Gasteiger partial charge in [-0.05, 0) is 37.1 Å². The minimum atomic E-state index is -0.965. The number of hydrogen-bond acceptors (Lipinski definition) is 4. The van der Waals surface area contributed by atoms with Gasteiger partial charge in [-0.15, -0.1) is 0 Å². The molecule has 1 saturated heterocycles. The maximum Gasteiger partial charge on any atom is 0.316 e. The lowest BCUT2D eigenvalue weighted by molar-refractivity contribution is -0.139. The topological polar surface area (TPSA) is 131 Å². The smallest absolute Gasteiger partial charge is 0.316 e. The highest BCUT2D eigenvalue weighted by atomic mass is 16.5. The Morgan fingerprint density at radius 3 is 2.30 bits per heavy atom. The van der Waals surface area contributed by atoms with E-state index in [0.29, 0.717) is 37.3 Å². The average Bonchev–Trinajstić information content (AvgIpc) is 2.47. The zero-order valence-corrected chi connectivity index (χ0v) is 12.5. The largest absolute Gasteiger partial charge is 0.481 e. The standard InChI is InChI=1S/C15H19N3O5/c16-14(22)17-11-3-1-10(2-4-11)13(21)18-15(9-12(19)20)5-7-23-8-6-15/h1-4H,5-9H2,(H,18,21)(H,19,20)(H3,16,17,22). The molecule has 1 heterocycles. The summed E-state index contributed by atoms with van der Waals surface area (Å²) < 4.78 is 5.25. The molecular formula is C15H19N3O5. The van der Waals surface area contributed by atoms with E-state index in [4.69, 9.17) is 15.6 Å². The van der Waals surface area contributed by atoms with Gasteiger partial charge in [0.2, 0.25) is 0 Å². The van der Waals surface area contributed by atoms with Gasteiger partial charge in [-0.3, -0.25) is 9.59 Å². The van der Waals surface area contributed by atoms with E-state index in [9.17, 15) is 14.4 Å². The Labute approximate surface area is 133 Å². The molecule has 23 heavy (non-hydrogen) atoms. The molecule has 1 aliphatic rings. The first kappa shape index (κ1) is 16.8. The quantitative estimate of drug-likeness (QED) is 0.641. The number of nitrogens with two attached hydrogens (primary N) is 1. The molecule has 1 aromatic rings. The molecule has 0 saturated carbocycles. The van der Waals surface area contributed by atoms with Gasteiger partial charge < -0.3 is 26.2 Å². The van der Waals surface area contributed by atoms with Crippen LogP contribution in [0.4, 0.5) is 10.5 Å². The summed E-state index contributed by atoms with van der Waals surface area (Å²) in [6.45, 7) is 0.823. The van der Waals surface area contributed by atoms with Gasteiger partial charge in [0, 0.05) is 24.5 Å². The van der Waals surface area contributed by atoms with Crippen LogP contribution in [0.5, 0.6) is 0 Å². The van der Waals surface area contributed by atoms with Crippen LogP contribution >= 0.6 is 0 Å². The molecule has 3 amide bonds. The molecule has 5 N–H and O–H groups in total. The Morgan fingerprint density at radius 1 is 1.17 bits per heavy atom. The number of carboxylic acid groups (broad SMARTS) is 1. The molecule has 0 unspecified atom stereocenters. The van der Waals surface area contributed by atoms with Crippen molar-refractivity contribution in [1.82, 2.24) is 5.32 Å². The number of aliphatic carboxylic acids is 1. The monoisotopic (exact) mass is 321 g/mol. The Hall–Kier alpha value is -2.61. The van der Waals surface area contributed by atoms with E-state index in [2.05, 4.69) is 10.6 Å². The normalized spacial score (nSPS) is 16.3. The van der Waals surface area contributed by atoms with Crippen LogP contribution in [0.1, 0.15) is 29.6 Å². The number of amides is 3. The molecule has 1 aromatic carbocycles. The van der Waals surface area contributed by atoms with Crippen LogP contribution in [0.3, 0.4) is 0 Å². The van der Waals surface area contributed by atoms with Crippen molar-refractivity contribution in [3.8, 4) is 0 Å². The fraction of sp³-hybridized carbons (Fsp3) is 0.400. The second-order valence-corrected chi connectivity index (χ2v) is 5.48. The lowest BCUT2D eigenvalue weighted by atomic mass is 9.86. The lowest BCUT2D eigenvalue weighted by Crippen LogP contribution is -2.53. The molecule has 0 radical (unpaired) electrons. The van der Waals surface area contributed by atoms with E-state index in [1.54, 1.807) is 12.1 Å². The van der Waals surface area contributed by atoms with Crippen LogP contribution in [0.15, 0.2) is 24.3 Å². The third-order valence-corrected chi connectivity index (χ3v) is 3.73. The Kier molecular flexibility index (Phi) is 5.17. The average molecular weight is 321 g/mol. The maximum atomic E-state index is 12.4. The number of hydrogen-bond donors (Lipinski definition) is 4. The number of urea groups is 1. The molecule has 8 nitrogen and oxygen atoms in total. The first-order valence-corrected chi connectivity index (χ1v) is 7.19. The second-order valence-electron chi connectivity index (χ2n) is 5.48. The van der Waals surface area contributed by atoms with E-state index in [-0.39, 0.29) is 12.3 Å². The summed E-state index contributed by atoms with van der Waals surface area (Å²) in [6.07, 6.45) is 0.752. The number of carbonyl (C=O) groups is 3. The van der Waals surface area contributed by atoms with Gasteiger partial charge in [0.25, 0.3) is 5.91 Å². The SMILES string of the molecule is NC(=O)Nc1ccc(C(=O)NC2(CC(=O)O)CCOCC2)cc1. The van der Waals surface area contributed by atoms with Crippen molar-refractivity contribution in [2.45, 2.75) is 24.8 Å². The number of carbonyl (C=O) groups excluding carboxylic acids is 2. The van der Waals surface area contributed by atoms with Crippen LogP contribution in [-0.2, 0) is 9.53 Å². The second kappa shape index (κ2) is 7.10. The van der Waals surface area contributed by atoms with Crippen molar-refractivity contribution >= 4 is 23.6 Å². The third kappa shape index (κ3) is 4.68. The van der Waals surface area contributed by atoms with Crippen molar-refractivity contribution in [3.63, 3.8) is 0 Å². The molecule has 0 aliphatic carbocycles. The molecule has 2 rings (SSSR count). The zero-order chi connectivity index (χ0) is 16.9. The fourth-order valence-electron chi connectivity index (χ4n) is 2.56. The molecule has 124 valence electrons. The molecule has 0 atom stereocenters. The van der Waals surface area contributed by atoms with Crippen molar-refractivity contribution in [1.29, 1.82) is 0 Å². The van der Waals surface area contributed by atoms with Crippen molar-refractivity contribution in [2.75, 3.05) is 18.5 Å². The number of rotatable bonds is 5. The molecule has 0 spiro atoms. The number of nitrogens with one attached hydrogen (secondary N) is 2.